The van der Waals surface area contributed by atoms with Crippen molar-refractivity contribution in [3.63, 3.8) is 0 Å². The third-order valence-corrected chi connectivity index (χ3v) is 3.28. The molecule has 0 spiro atoms. The first-order chi connectivity index (χ1) is 8.90. The summed E-state index contributed by atoms with van der Waals surface area (Å²) in [6.45, 7) is 0. The van der Waals surface area contributed by atoms with E-state index in [9.17, 15) is 8.78 Å². The highest BCUT2D eigenvalue weighted by Gasteiger charge is 2.16. The van der Waals surface area contributed by atoms with Gasteiger partial charge in [-0.05, 0) is 18.2 Å². The Kier molecular flexibility index (Phi) is 4.04. The van der Waals surface area contributed by atoms with Crippen molar-refractivity contribution in [1.29, 1.82) is 0 Å². The molecule has 7 heteroatoms. The van der Waals surface area contributed by atoms with Gasteiger partial charge >= 0.3 is 0 Å². The molecule has 2 aromatic rings. The predicted octanol–water partition coefficient (Wildman–Crippen LogP) is 5.30. The van der Waals surface area contributed by atoms with Crippen LogP contribution in [0.2, 0.25) is 15.1 Å². The van der Waals surface area contributed by atoms with Gasteiger partial charge in [0.2, 0.25) is 5.82 Å². The van der Waals surface area contributed by atoms with Crippen LogP contribution in [0.4, 0.5) is 14.5 Å². The standard InChI is InChI=1S/C12H6Cl3F2NO/c13-5-3-7(15)10(4-6(5)14)19-12-9(18)2-1-8(16)11(12)17/h1-4H,18H2. The number of hydrogen-bond donors (Lipinski definition) is 1. The van der Waals surface area contributed by atoms with Crippen LogP contribution >= 0.6 is 34.8 Å². The van der Waals surface area contributed by atoms with E-state index in [1.165, 1.54) is 18.2 Å². The Morgan fingerprint density at radius 2 is 1.58 bits per heavy atom. The van der Waals surface area contributed by atoms with E-state index in [1.807, 2.05) is 0 Å². The maximum absolute atomic E-state index is 13.6. The number of ether oxygens (including phenoxy) is 1. The number of nitrogen functional groups attached to an aromatic ring is 1. The number of anilines is 1. The van der Waals surface area contributed by atoms with E-state index in [-0.39, 0.29) is 26.5 Å². The van der Waals surface area contributed by atoms with Crippen LogP contribution in [-0.4, -0.2) is 0 Å². The SMILES string of the molecule is Nc1ccc(F)c(F)c1Oc1cc(Cl)c(Cl)cc1Cl. The molecule has 0 amide bonds. The minimum Gasteiger partial charge on any atom is -0.450 e. The number of nitrogens with two attached hydrogens (primary N) is 1. The lowest BCUT2D eigenvalue weighted by Gasteiger charge is -2.12. The summed E-state index contributed by atoms with van der Waals surface area (Å²) in [7, 11) is 0. The monoisotopic (exact) mass is 323 g/mol. The molecule has 0 saturated heterocycles. The lowest BCUT2D eigenvalue weighted by atomic mass is 10.2. The molecule has 0 atom stereocenters. The van der Waals surface area contributed by atoms with E-state index in [4.69, 9.17) is 45.3 Å². The van der Waals surface area contributed by atoms with Gasteiger partial charge in [-0.1, -0.05) is 34.8 Å². The van der Waals surface area contributed by atoms with Gasteiger partial charge in [0.05, 0.1) is 20.8 Å². The summed E-state index contributed by atoms with van der Waals surface area (Å²) >= 11 is 17.4. The average Bonchev–Trinajstić information content (AvgIpc) is 2.36. The first-order valence-corrected chi connectivity index (χ1v) is 6.09. The van der Waals surface area contributed by atoms with Crippen LogP contribution in [0.3, 0.4) is 0 Å². The molecule has 0 fully saturated rings. The third-order valence-electron chi connectivity index (χ3n) is 2.27. The minimum absolute atomic E-state index is 0.0206. The fourth-order valence-electron chi connectivity index (χ4n) is 1.34. The lowest BCUT2D eigenvalue weighted by molar-refractivity contribution is 0.418. The highest BCUT2D eigenvalue weighted by Crippen LogP contribution is 2.39. The molecule has 0 heterocycles. The van der Waals surface area contributed by atoms with Crippen LogP contribution in [0, 0.1) is 11.6 Å². The Balaban J connectivity index is 2.48. The molecular weight excluding hydrogens is 318 g/mol. The molecule has 2 rings (SSSR count). The third kappa shape index (κ3) is 2.86. The van der Waals surface area contributed by atoms with Gasteiger partial charge in [-0.15, -0.1) is 0 Å². The van der Waals surface area contributed by atoms with Crippen molar-refractivity contribution in [3.05, 3.63) is 51.0 Å². The molecule has 0 unspecified atom stereocenters. The normalized spacial score (nSPS) is 10.6. The van der Waals surface area contributed by atoms with E-state index >= 15 is 0 Å². The fraction of sp³-hybridized carbons (Fsp3) is 0. The summed E-state index contributed by atoms with van der Waals surface area (Å²) in [6, 6.07) is 4.69. The highest BCUT2D eigenvalue weighted by atomic mass is 35.5. The zero-order valence-corrected chi connectivity index (χ0v) is 11.5. The lowest BCUT2D eigenvalue weighted by Crippen LogP contribution is -1.98. The smallest absolute Gasteiger partial charge is 0.203 e. The van der Waals surface area contributed by atoms with E-state index < -0.39 is 17.4 Å². The van der Waals surface area contributed by atoms with Gasteiger partial charge in [-0.3, -0.25) is 0 Å². The van der Waals surface area contributed by atoms with Crippen LogP contribution in [0.15, 0.2) is 24.3 Å². The summed E-state index contributed by atoms with van der Waals surface area (Å²) in [6.07, 6.45) is 0. The summed E-state index contributed by atoms with van der Waals surface area (Å²) in [5, 5.41) is 0.473. The second-order valence-corrected chi connectivity index (χ2v) is 4.80. The molecular formula is C12H6Cl3F2NO. The molecule has 0 aromatic heterocycles. The maximum atomic E-state index is 13.6. The average molecular weight is 325 g/mol. The van der Waals surface area contributed by atoms with E-state index in [0.29, 0.717) is 0 Å². The molecule has 0 radical (unpaired) electrons. The van der Waals surface area contributed by atoms with Crippen molar-refractivity contribution >= 4 is 40.5 Å². The molecule has 19 heavy (non-hydrogen) atoms. The van der Waals surface area contributed by atoms with Crippen molar-refractivity contribution in [2.45, 2.75) is 0 Å². The fourth-order valence-corrected chi connectivity index (χ4v) is 1.92. The largest absolute Gasteiger partial charge is 0.450 e. The van der Waals surface area contributed by atoms with Gasteiger partial charge in [-0.2, -0.15) is 4.39 Å². The topological polar surface area (TPSA) is 35.2 Å². The van der Waals surface area contributed by atoms with Gasteiger partial charge in [0.1, 0.15) is 5.75 Å². The number of hydrogen-bond acceptors (Lipinski definition) is 2. The van der Waals surface area contributed by atoms with Gasteiger partial charge in [-0.25, -0.2) is 4.39 Å². The van der Waals surface area contributed by atoms with Crippen molar-refractivity contribution < 1.29 is 13.5 Å². The Morgan fingerprint density at radius 1 is 0.947 bits per heavy atom. The molecule has 100 valence electrons. The summed E-state index contributed by atoms with van der Waals surface area (Å²) in [5.41, 5.74) is 5.45. The second-order valence-electron chi connectivity index (χ2n) is 3.58. The number of benzene rings is 2. The van der Waals surface area contributed by atoms with E-state index in [2.05, 4.69) is 0 Å². The molecule has 0 aliphatic rings. The van der Waals surface area contributed by atoms with Crippen molar-refractivity contribution in [3.8, 4) is 11.5 Å². The molecule has 0 bridgehead atoms. The van der Waals surface area contributed by atoms with Gasteiger partial charge < -0.3 is 10.5 Å². The van der Waals surface area contributed by atoms with Crippen molar-refractivity contribution in [2.24, 2.45) is 0 Å². The van der Waals surface area contributed by atoms with Gasteiger partial charge in [0.15, 0.2) is 11.6 Å². The predicted molar refractivity (Wildman–Crippen MR) is 72.3 cm³/mol. The molecule has 2 nitrogen and oxygen atoms in total. The highest BCUT2D eigenvalue weighted by molar-refractivity contribution is 6.43. The zero-order chi connectivity index (χ0) is 14.2. The quantitative estimate of drug-likeness (QED) is 0.601. The number of rotatable bonds is 2. The Labute approximate surface area is 122 Å². The van der Waals surface area contributed by atoms with Crippen molar-refractivity contribution in [2.75, 3.05) is 5.73 Å². The van der Waals surface area contributed by atoms with Gasteiger partial charge in [0, 0.05) is 6.07 Å². The summed E-state index contributed by atoms with van der Waals surface area (Å²) < 4.78 is 31.9. The molecule has 0 aliphatic heterocycles. The van der Waals surface area contributed by atoms with E-state index in [1.54, 1.807) is 0 Å². The summed E-state index contributed by atoms with van der Waals surface area (Å²) in [4.78, 5) is 0. The molecule has 0 aliphatic carbocycles. The van der Waals surface area contributed by atoms with E-state index in [0.717, 1.165) is 6.07 Å². The molecule has 2 N–H and O–H groups in total. The maximum Gasteiger partial charge on any atom is 0.203 e. The molecule has 2 aromatic carbocycles. The number of halogens is 5. The first-order valence-electron chi connectivity index (χ1n) is 4.96. The Bertz CT molecular complexity index is 649. The van der Waals surface area contributed by atoms with Crippen LogP contribution in [0.25, 0.3) is 0 Å². The van der Waals surface area contributed by atoms with Crippen LogP contribution in [-0.2, 0) is 0 Å². The van der Waals surface area contributed by atoms with Crippen LogP contribution < -0.4 is 10.5 Å². The Morgan fingerprint density at radius 3 is 2.26 bits per heavy atom. The van der Waals surface area contributed by atoms with Crippen LogP contribution in [0.1, 0.15) is 0 Å². The van der Waals surface area contributed by atoms with Gasteiger partial charge in [0.25, 0.3) is 0 Å². The Hall–Kier alpha value is -1.23. The minimum atomic E-state index is -1.21. The summed E-state index contributed by atoms with van der Waals surface area (Å²) in [5.74, 6) is -2.73. The molecule has 0 saturated carbocycles. The zero-order valence-electron chi connectivity index (χ0n) is 9.18. The van der Waals surface area contributed by atoms with Crippen LogP contribution in [0.5, 0.6) is 11.5 Å². The first kappa shape index (κ1) is 14.2. The van der Waals surface area contributed by atoms with Crippen molar-refractivity contribution in [1.82, 2.24) is 0 Å². The second kappa shape index (κ2) is 5.41.